The van der Waals surface area contributed by atoms with E-state index in [-0.39, 0.29) is 17.7 Å². The molecule has 172 valence electrons. The SMILES string of the molecule is CN(C)C1(C(=O)N2CC(c3ccc(C(F)(F)F)cc3)CC(c3nc(C4CC4)no3)C2)CC1. The van der Waals surface area contributed by atoms with Crippen LogP contribution in [0.3, 0.4) is 0 Å². The molecule has 9 heteroatoms. The van der Waals surface area contributed by atoms with Crippen molar-refractivity contribution in [2.45, 2.75) is 61.6 Å². The van der Waals surface area contributed by atoms with Crippen LogP contribution in [0.5, 0.6) is 0 Å². The summed E-state index contributed by atoms with van der Waals surface area (Å²) in [5, 5.41) is 4.13. The Morgan fingerprint density at radius 2 is 1.75 bits per heavy atom. The number of rotatable bonds is 5. The van der Waals surface area contributed by atoms with Crippen LogP contribution in [-0.2, 0) is 11.0 Å². The Morgan fingerprint density at radius 1 is 1.09 bits per heavy atom. The van der Waals surface area contributed by atoms with Gasteiger partial charge in [0.25, 0.3) is 0 Å². The molecule has 2 aromatic rings. The summed E-state index contributed by atoms with van der Waals surface area (Å²) in [5.41, 5.74) is -0.352. The minimum atomic E-state index is -4.37. The Hall–Kier alpha value is -2.42. The third kappa shape index (κ3) is 3.91. The number of benzene rings is 1. The van der Waals surface area contributed by atoms with E-state index in [1.165, 1.54) is 12.1 Å². The van der Waals surface area contributed by atoms with E-state index in [9.17, 15) is 18.0 Å². The Balaban J connectivity index is 1.42. The van der Waals surface area contributed by atoms with Gasteiger partial charge < -0.3 is 9.42 Å². The topological polar surface area (TPSA) is 62.5 Å². The van der Waals surface area contributed by atoms with Gasteiger partial charge in [-0.2, -0.15) is 18.2 Å². The molecule has 3 fully saturated rings. The van der Waals surface area contributed by atoms with Crippen LogP contribution in [0.1, 0.15) is 72.7 Å². The van der Waals surface area contributed by atoms with E-state index in [1.54, 1.807) is 0 Å². The van der Waals surface area contributed by atoms with E-state index in [2.05, 4.69) is 10.1 Å². The highest BCUT2D eigenvalue weighted by atomic mass is 19.4. The van der Waals surface area contributed by atoms with Gasteiger partial charge in [0.2, 0.25) is 11.8 Å². The van der Waals surface area contributed by atoms with Crippen molar-refractivity contribution in [2.24, 2.45) is 0 Å². The molecule has 6 nitrogen and oxygen atoms in total. The summed E-state index contributed by atoms with van der Waals surface area (Å²) in [6.07, 6.45) is 0.0370. The van der Waals surface area contributed by atoms with Gasteiger partial charge in [0.15, 0.2) is 5.82 Å². The van der Waals surface area contributed by atoms with Gasteiger partial charge in [-0.15, -0.1) is 0 Å². The number of piperidine rings is 1. The minimum absolute atomic E-state index is 0.0750. The van der Waals surface area contributed by atoms with Crippen molar-refractivity contribution in [2.75, 3.05) is 27.2 Å². The molecule has 2 heterocycles. The minimum Gasteiger partial charge on any atom is -0.340 e. The molecule has 0 spiro atoms. The molecule has 0 radical (unpaired) electrons. The predicted molar refractivity (Wildman–Crippen MR) is 110 cm³/mol. The summed E-state index contributed by atoms with van der Waals surface area (Å²) in [6, 6.07) is 5.29. The first-order chi connectivity index (χ1) is 15.2. The Kier molecular flexibility index (Phi) is 5.07. The normalized spacial score (nSPS) is 25.2. The third-order valence-electron chi connectivity index (χ3n) is 7.17. The zero-order valence-corrected chi connectivity index (χ0v) is 18.2. The highest BCUT2D eigenvalue weighted by molar-refractivity contribution is 5.89. The molecule has 0 N–H and O–H groups in total. The van der Waals surface area contributed by atoms with Crippen molar-refractivity contribution in [1.29, 1.82) is 0 Å². The summed E-state index contributed by atoms with van der Waals surface area (Å²) in [4.78, 5) is 21.9. The summed E-state index contributed by atoms with van der Waals surface area (Å²) in [6.45, 7) is 0.956. The number of aromatic nitrogens is 2. The second-order valence-electron chi connectivity index (χ2n) is 9.65. The number of amides is 1. The van der Waals surface area contributed by atoms with Gasteiger partial charge >= 0.3 is 6.18 Å². The number of likely N-dealkylation sites (N-methyl/N-ethyl adjacent to an activating group) is 1. The van der Waals surface area contributed by atoms with Crippen molar-refractivity contribution in [3.63, 3.8) is 0 Å². The molecule has 32 heavy (non-hydrogen) atoms. The highest BCUT2D eigenvalue weighted by Gasteiger charge is 2.54. The number of hydrogen-bond acceptors (Lipinski definition) is 5. The number of hydrogen-bond donors (Lipinski definition) is 0. The second-order valence-corrected chi connectivity index (χ2v) is 9.65. The largest absolute Gasteiger partial charge is 0.416 e. The predicted octanol–water partition coefficient (Wildman–Crippen LogP) is 4.16. The van der Waals surface area contributed by atoms with Crippen LogP contribution >= 0.6 is 0 Å². The van der Waals surface area contributed by atoms with Gasteiger partial charge in [-0.1, -0.05) is 17.3 Å². The third-order valence-corrected chi connectivity index (χ3v) is 7.17. The smallest absolute Gasteiger partial charge is 0.340 e. The van der Waals surface area contributed by atoms with Crippen LogP contribution < -0.4 is 0 Å². The maximum Gasteiger partial charge on any atom is 0.416 e. The molecule has 2 unspecified atom stereocenters. The molecule has 1 aliphatic heterocycles. The first-order valence-corrected chi connectivity index (χ1v) is 11.1. The molecule has 1 aromatic heterocycles. The molecule has 1 aromatic carbocycles. The fourth-order valence-corrected chi connectivity index (χ4v) is 4.82. The first kappa shape index (κ1) is 21.4. The molecule has 3 aliphatic rings. The van der Waals surface area contributed by atoms with E-state index in [0.717, 1.165) is 49.2 Å². The molecule has 2 aliphatic carbocycles. The van der Waals surface area contributed by atoms with Crippen molar-refractivity contribution < 1.29 is 22.5 Å². The van der Waals surface area contributed by atoms with E-state index >= 15 is 0 Å². The number of likely N-dealkylation sites (tertiary alicyclic amines) is 1. The second kappa shape index (κ2) is 7.57. The van der Waals surface area contributed by atoms with Gasteiger partial charge in [-0.3, -0.25) is 9.69 Å². The number of carbonyl (C=O) groups is 1. The van der Waals surface area contributed by atoms with Crippen molar-refractivity contribution >= 4 is 5.91 Å². The Morgan fingerprint density at radius 3 is 2.31 bits per heavy atom. The lowest BCUT2D eigenvalue weighted by molar-refractivity contribution is -0.139. The average Bonchev–Trinajstić information content (AvgIpc) is 3.70. The quantitative estimate of drug-likeness (QED) is 0.688. The van der Waals surface area contributed by atoms with Crippen LogP contribution in [0.15, 0.2) is 28.8 Å². The van der Waals surface area contributed by atoms with Gasteiger partial charge in [-0.25, -0.2) is 0 Å². The van der Waals surface area contributed by atoms with Gasteiger partial charge in [0.1, 0.15) is 5.54 Å². The van der Waals surface area contributed by atoms with Crippen molar-refractivity contribution in [1.82, 2.24) is 19.9 Å². The number of halogens is 3. The maximum absolute atomic E-state index is 13.5. The van der Waals surface area contributed by atoms with Crippen LogP contribution in [0.2, 0.25) is 0 Å². The van der Waals surface area contributed by atoms with Crippen LogP contribution in [0, 0.1) is 0 Å². The molecular weight excluding hydrogens is 421 g/mol. The standard InChI is InChI=1S/C23H27F3N4O2/c1-29(2)22(9-10-22)21(31)30-12-16(14-5-7-18(8-6-14)23(24,25)26)11-17(13-30)20-27-19(28-32-20)15-3-4-15/h5-8,15-17H,3-4,9-13H2,1-2H3. The summed E-state index contributed by atoms with van der Waals surface area (Å²) in [5.74, 6) is 1.44. The van der Waals surface area contributed by atoms with E-state index in [4.69, 9.17) is 4.52 Å². The van der Waals surface area contributed by atoms with E-state index in [0.29, 0.717) is 31.3 Å². The number of carbonyl (C=O) groups excluding carboxylic acids is 1. The monoisotopic (exact) mass is 448 g/mol. The molecule has 1 amide bonds. The zero-order chi connectivity index (χ0) is 22.7. The van der Waals surface area contributed by atoms with Crippen molar-refractivity contribution in [3.05, 3.63) is 47.1 Å². The molecule has 2 atom stereocenters. The van der Waals surface area contributed by atoms with E-state index < -0.39 is 17.3 Å². The maximum atomic E-state index is 13.5. The fourth-order valence-electron chi connectivity index (χ4n) is 4.82. The first-order valence-electron chi connectivity index (χ1n) is 11.1. The molecule has 5 rings (SSSR count). The summed E-state index contributed by atoms with van der Waals surface area (Å²) >= 11 is 0. The molecule has 2 saturated carbocycles. The Bertz CT molecular complexity index is 993. The van der Waals surface area contributed by atoms with Crippen LogP contribution in [0.4, 0.5) is 13.2 Å². The highest BCUT2D eigenvalue weighted by Crippen LogP contribution is 2.45. The van der Waals surface area contributed by atoms with Crippen LogP contribution in [-0.4, -0.2) is 58.6 Å². The molecule has 1 saturated heterocycles. The lowest BCUT2D eigenvalue weighted by Crippen LogP contribution is -2.52. The van der Waals surface area contributed by atoms with Gasteiger partial charge in [0, 0.05) is 24.9 Å². The Labute approximate surface area is 184 Å². The van der Waals surface area contributed by atoms with E-state index in [1.807, 2.05) is 23.9 Å². The number of nitrogens with zero attached hydrogens (tertiary/aromatic N) is 4. The molecule has 0 bridgehead atoms. The lowest BCUT2D eigenvalue weighted by Gasteiger charge is -2.39. The van der Waals surface area contributed by atoms with Gasteiger partial charge in [0.05, 0.1) is 11.5 Å². The van der Waals surface area contributed by atoms with Gasteiger partial charge in [-0.05, 0) is 63.9 Å². The summed E-state index contributed by atoms with van der Waals surface area (Å²) < 4.78 is 44.6. The lowest BCUT2D eigenvalue weighted by atomic mass is 9.83. The fraction of sp³-hybridized carbons (Fsp3) is 0.609. The average molecular weight is 448 g/mol. The zero-order valence-electron chi connectivity index (χ0n) is 18.2. The molecular formula is C23H27F3N4O2. The summed E-state index contributed by atoms with van der Waals surface area (Å²) in [7, 11) is 3.83. The van der Waals surface area contributed by atoms with Crippen LogP contribution in [0.25, 0.3) is 0 Å². The number of alkyl halides is 3. The van der Waals surface area contributed by atoms with Crippen molar-refractivity contribution in [3.8, 4) is 0 Å².